The molecule has 0 bridgehead atoms. The molecular formula is C22H24F2N6O2. The number of nitrogens with zero attached hydrogens (tertiary/aromatic N) is 3. The van der Waals surface area contributed by atoms with Gasteiger partial charge in [0.1, 0.15) is 0 Å². The van der Waals surface area contributed by atoms with Crippen molar-refractivity contribution < 1.29 is 18.4 Å². The van der Waals surface area contributed by atoms with E-state index >= 15 is 0 Å². The van der Waals surface area contributed by atoms with Crippen LogP contribution in [-0.2, 0) is 9.59 Å². The van der Waals surface area contributed by atoms with Crippen molar-refractivity contribution in [2.24, 2.45) is 0 Å². The average molecular weight is 442 g/mol. The molecule has 1 aliphatic heterocycles. The monoisotopic (exact) mass is 442 g/mol. The summed E-state index contributed by atoms with van der Waals surface area (Å²) in [5, 5.41) is 4.99. The van der Waals surface area contributed by atoms with E-state index in [-0.39, 0.29) is 24.7 Å². The van der Waals surface area contributed by atoms with Gasteiger partial charge in [-0.15, -0.1) is 0 Å². The standard InChI is InChI=1S/C22H24F2N6O2/c23-16-7-6-15(12-17(16)24)26-20(31)13-25-21(32)14-29-8-3-9-30(11-10-29)22-27-18-4-1-2-5-19(18)28-22/h1-2,4-7,12H,3,8-11,13-14H2,(H,25,32)(H,26,31)(H,27,28). The topological polar surface area (TPSA) is 93.4 Å². The Morgan fingerprint density at radius 3 is 2.66 bits per heavy atom. The minimum absolute atomic E-state index is 0.126. The van der Waals surface area contributed by atoms with E-state index in [1.807, 2.05) is 29.2 Å². The van der Waals surface area contributed by atoms with Gasteiger partial charge in [-0.05, 0) is 30.7 Å². The predicted molar refractivity (Wildman–Crippen MR) is 117 cm³/mol. The number of hydrogen-bond donors (Lipinski definition) is 3. The maximum atomic E-state index is 13.2. The van der Waals surface area contributed by atoms with Crippen molar-refractivity contribution in [1.29, 1.82) is 0 Å². The zero-order valence-electron chi connectivity index (χ0n) is 17.4. The molecule has 0 atom stereocenters. The molecule has 168 valence electrons. The Morgan fingerprint density at radius 2 is 1.84 bits per heavy atom. The van der Waals surface area contributed by atoms with Gasteiger partial charge in [0.15, 0.2) is 11.6 Å². The number of halogens is 2. The van der Waals surface area contributed by atoms with E-state index in [1.54, 1.807) is 0 Å². The molecule has 1 fully saturated rings. The van der Waals surface area contributed by atoms with Crippen molar-refractivity contribution in [3.63, 3.8) is 0 Å². The zero-order valence-corrected chi connectivity index (χ0v) is 17.4. The fourth-order valence-corrected chi connectivity index (χ4v) is 3.65. The molecule has 32 heavy (non-hydrogen) atoms. The molecule has 0 saturated carbocycles. The maximum Gasteiger partial charge on any atom is 0.243 e. The maximum absolute atomic E-state index is 13.2. The van der Waals surface area contributed by atoms with Gasteiger partial charge in [-0.1, -0.05) is 12.1 Å². The second-order valence-corrected chi connectivity index (χ2v) is 7.65. The van der Waals surface area contributed by atoms with Crippen LogP contribution in [0.15, 0.2) is 42.5 Å². The molecule has 1 saturated heterocycles. The van der Waals surface area contributed by atoms with Gasteiger partial charge in [-0.25, -0.2) is 13.8 Å². The molecule has 8 nitrogen and oxygen atoms in total. The van der Waals surface area contributed by atoms with E-state index in [0.29, 0.717) is 6.54 Å². The molecule has 4 rings (SSSR count). The van der Waals surface area contributed by atoms with Crippen LogP contribution in [0.1, 0.15) is 6.42 Å². The number of imidazole rings is 1. The minimum Gasteiger partial charge on any atom is -0.346 e. The van der Waals surface area contributed by atoms with Crippen LogP contribution in [0.25, 0.3) is 11.0 Å². The molecule has 2 heterocycles. The average Bonchev–Trinajstić information content (AvgIpc) is 3.07. The van der Waals surface area contributed by atoms with Gasteiger partial charge < -0.3 is 20.5 Å². The number of rotatable bonds is 6. The number of carbonyl (C=O) groups is 2. The molecule has 2 amide bonds. The van der Waals surface area contributed by atoms with Crippen molar-refractivity contribution in [1.82, 2.24) is 20.2 Å². The van der Waals surface area contributed by atoms with Crippen molar-refractivity contribution in [3.8, 4) is 0 Å². The zero-order chi connectivity index (χ0) is 22.5. The molecule has 1 aliphatic rings. The van der Waals surface area contributed by atoms with Gasteiger partial charge in [-0.3, -0.25) is 14.5 Å². The summed E-state index contributed by atoms with van der Waals surface area (Å²) in [6.45, 7) is 2.91. The number of fused-ring (bicyclic) bond motifs is 1. The normalized spacial score (nSPS) is 14.9. The Hall–Kier alpha value is -3.53. The first kappa shape index (κ1) is 21.7. The van der Waals surface area contributed by atoms with Crippen molar-refractivity contribution in [3.05, 3.63) is 54.1 Å². The lowest BCUT2D eigenvalue weighted by atomic mass is 10.3. The quantitative estimate of drug-likeness (QED) is 0.544. The van der Waals surface area contributed by atoms with E-state index in [0.717, 1.165) is 55.2 Å². The molecule has 0 unspecified atom stereocenters. The number of amides is 2. The summed E-state index contributed by atoms with van der Waals surface area (Å²) in [5.41, 5.74) is 2.04. The van der Waals surface area contributed by atoms with E-state index in [9.17, 15) is 18.4 Å². The number of carbonyl (C=O) groups excluding carboxylic acids is 2. The summed E-state index contributed by atoms with van der Waals surface area (Å²) in [6, 6.07) is 10.9. The molecule has 1 aromatic heterocycles. The van der Waals surface area contributed by atoms with Gasteiger partial charge in [0.25, 0.3) is 0 Å². The Balaban J connectivity index is 1.23. The highest BCUT2D eigenvalue weighted by atomic mass is 19.2. The second-order valence-electron chi connectivity index (χ2n) is 7.65. The van der Waals surface area contributed by atoms with E-state index in [2.05, 4.69) is 25.5 Å². The first-order chi connectivity index (χ1) is 15.5. The van der Waals surface area contributed by atoms with E-state index in [1.165, 1.54) is 6.07 Å². The molecule has 10 heteroatoms. The number of anilines is 2. The highest BCUT2D eigenvalue weighted by Gasteiger charge is 2.19. The Labute approximate surface area is 183 Å². The fraction of sp³-hybridized carbons (Fsp3) is 0.318. The van der Waals surface area contributed by atoms with Crippen LogP contribution in [0.2, 0.25) is 0 Å². The number of aromatic nitrogens is 2. The molecule has 0 spiro atoms. The van der Waals surface area contributed by atoms with Crippen LogP contribution in [0, 0.1) is 11.6 Å². The van der Waals surface area contributed by atoms with Gasteiger partial charge in [-0.2, -0.15) is 0 Å². The lowest BCUT2D eigenvalue weighted by Gasteiger charge is -2.21. The first-order valence-corrected chi connectivity index (χ1v) is 10.4. The van der Waals surface area contributed by atoms with Crippen LogP contribution in [-0.4, -0.2) is 66.0 Å². The molecule has 0 aliphatic carbocycles. The third-order valence-corrected chi connectivity index (χ3v) is 5.28. The highest BCUT2D eigenvalue weighted by molar-refractivity contribution is 5.94. The number of hydrogen-bond acceptors (Lipinski definition) is 5. The molecule has 0 radical (unpaired) electrons. The highest BCUT2D eigenvalue weighted by Crippen LogP contribution is 2.18. The predicted octanol–water partition coefficient (Wildman–Crippen LogP) is 2.11. The molecular weight excluding hydrogens is 418 g/mol. The molecule has 3 aromatic rings. The van der Waals surface area contributed by atoms with Gasteiger partial charge in [0.05, 0.1) is 24.1 Å². The number of benzene rings is 2. The summed E-state index contributed by atoms with van der Waals surface area (Å²) < 4.78 is 26.2. The Bertz CT molecular complexity index is 1090. The summed E-state index contributed by atoms with van der Waals surface area (Å²) in [4.78, 5) is 36.4. The Morgan fingerprint density at radius 1 is 1.00 bits per heavy atom. The summed E-state index contributed by atoms with van der Waals surface area (Å²) >= 11 is 0. The smallest absolute Gasteiger partial charge is 0.243 e. The van der Waals surface area contributed by atoms with Crippen molar-refractivity contribution in [2.75, 3.05) is 49.5 Å². The summed E-state index contributed by atoms with van der Waals surface area (Å²) in [6.07, 6.45) is 0.876. The molecule has 2 aromatic carbocycles. The van der Waals surface area contributed by atoms with E-state index in [4.69, 9.17) is 0 Å². The van der Waals surface area contributed by atoms with E-state index < -0.39 is 17.5 Å². The third-order valence-electron chi connectivity index (χ3n) is 5.28. The van der Waals surface area contributed by atoms with Crippen LogP contribution in [0.3, 0.4) is 0 Å². The van der Waals surface area contributed by atoms with Crippen molar-refractivity contribution >= 4 is 34.5 Å². The fourth-order valence-electron chi connectivity index (χ4n) is 3.65. The molecule has 3 N–H and O–H groups in total. The number of aromatic amines is 1. The largest absolute Gasteiger partial charge is 0.346 e. The van der Waals surface area contributed by atoms with Crippen LogP contribution in [0.5, 0.6) is 0 Å². The lowest BCUT2D eigenvalue weighted by molar-refractivity contribution is -0.125. The lowest BCUT2D eigenvalue weighted by Crippen LogP contribution is -2.41. The first-order valence-electron chi connectivity index (χ1n) is 10.4. The summed E-state index contributed by atoms with van der Waals surface area (Å²) in [7, 11) is 0. The number of nitrogens with one attached hydrogen (secondary N) is 3. The number of para-hydroxylation sites is 2. The van der Waals surface area contributed by atoms with Crippen molar-refractivity contribution in [2.45, 2.75) is 6.42 Å². The van der Waals surface area contributed by atoms with Crippen LogP contribution >= 0.6 is 0 Å². The third kappa shape index (κ3) is 5.38. The van der Waals surface area contributed by atoms with Crippen LogP contribution < -0.4 is 15.5 Å². The number of H-pyrrole nitrogens is 1. The second kappa shape index (κ2) is 9.73. The Kier molecular flexibility index (Phi) is 6.60. The SMILES string of the molecule is O=C(CN1CCCN(c2nc3ccccc3[nH]2)CC1)NCC(=O)Nc1ccc(F)c(F)c1. The summed E-state index contributed by atoms with van der Waals surface area (Å²) in [5.74, 6) is -2.01. The van der Waals surface area contributed by atoms with Gasteiger partial charge in [0, 0.05) is 37.9 Å². The van der Waals surface area contributed by atoms with Crippen LogP contribution in [0.4, 0.5) is 20.4 Å². The van der Waals surface area contributed by atoms with Gasteiger partial charge in [0.2, 0.25) is 17.8 Å². The minimum atomic E-state index is -1.05. The van der Waals surface area contributed by atoms with Gasteiger partial charge >= 0.3 is 0 Å².